The number of carbonyl (C=O) groups is 1. The summed E-state index contributed by atoms with van der Waals surface area (Å²) in [6.07, 6.45) is -1.03. The second kappa shape index (κ2) is 10.1. The highest BCUT2D eigenvalue weighted by Gasteiger charge is 2.20. The van der Waals surface area contributed by atoms with Crippen LogP contribution in [0.5, 0.6) is 0 Å². The van der Waals surface area contributed by atoms with Crippen LogP contribution >= 0.6 is 0 Å². The van der Waals surface area contributed by atoms with E-state index in [0.717, 1.165) is 22.3 Å². The minimum absolute atomic E-state index is 0.196. The number of rotatable bonds is 7. The molecule has 9 heteroatoms. The Hall–Kier alpha value is -3.95. The van der Waals surface area contributed by atoms with Gasteiger partial charge in [0.25, 0.3) is 0 Å². The fraction of sp³-hybridized carbons (Fsp3) is 0.154. The molecule has 1 heterocycles. The fourth-order valence-corrected chi connectivity index (χ4v) is 4.29. The van der Waals surface area contributed by atoms with Gasteiger partial charge in [-0.1, -0.05) is 71.9 Å². The van der Waals surface area contributed by atoms with Gasteiger partial charge in [0.1, 0.15) is 17.5 Å². The van der Waals surface area contributed by atoms with E-state index in [1.165, 1.54) is 7.05 Å². The highest BCUT2D eigenvalue weighted by atomic mass is 32.2. The van der Waals surface area contributed by atoms with Crippen molar-refractivity contribution in [3.05, 3.63) is 90.1 Å². The second-order valence-electron chi connectivity index (χ2n) is 7.86. The maximum absolute atomic E-state index is 12.5. The fourth-order valence-electron chi connectivity index (χ4n) is 3.56. The summed E-state index contributed by atoms with van der Waals surface area (Å²) in [6.45, 7) is 3.54. The molecule has 0 fully saturated rings. The topological polar surface area (TPSA) is 111 Å². The van der Waals surface area contributed by atoms with E-state index >= 15 is 0 Å². The highest BCUT2D eigenvalue weighted by molar-refractivity contribution is 7.89. The zero-order valence-electron chi connectivity index (χ0n) is 19.5. The normalized spacial score (nSPS) is 12.2. The van der Waals surface area contributed by atoms with Gasteiger partial charge < -0.3 is 9.26 Å². The van der Waals surface area contributed by atoms with Crippen molar-refractivity contribution in [1.82, 2.24) is 9.88 Å². The third-order valence-electron chi connectivity index (χ3n) is 5.56. The van der Waals surface area contributed by atoms with E-state index in [4.69, 9.17) is 9.26 Å². The quantitative estimate of drug-likeness (QED) is 0.351. The van der Waals surface area contributed by atoms with Crippen LogP contribution in [-0.2, 0) is 14.8 Å². The van der Waals surface area contributed by atoms with Crippen LogP contribution in [0, 0.1) is 6.92 Å². The number of nitrogens with zero attached hydrogens (tertiary/aromatic N) is 1. The number of ether oxygens (including phenoxy) is 1. The molecule has 1 amide bonds. The first-order valence-electron chi connectivity index (χ1n) is 10.9. The lowest BCUT2D eigenvalue weighted by Gasteiger charge is -2.14. The van der Waals surface area contributed by atoms with Gasteiger partial charge in [-0.2, -0.15) is 0 Å². The zero-order valence-corrected chi connectivity index (χ0v) is 20.3. The van der Waals surface area contributed by atoms with Gasteiger partial charge in [-0.3, -0.25) is 5.32 Å². The van der Waals surface area contributed by atoms with Gasteiger partial charge in [-0.05, 0) is 49.7 Å². The number of aromatic nitrogens is 1. The van der Waals surface area contributed by atoms with Crippen molar-refractivity contribution in [2.75, 3.05) is 12.4 Å². The Balaban J connectivity index is 1.50. The van der Waals surface area contributed by atoms with Crippen molar-refractivity contribution >= 4 is 21.8 Å². The smallest absolute Gasteiger partial charge is 0.412 e. The molecule has 1 atom stereocenters. The van der Waals surface area contributed by atoms with Crippen LogP contribution in [0.25, 0.3) is 22.5 Å². The molecule has 0 saturated heterocycles. The second-order valence-corrected chi connectivity index (χ2v) is 9.75. The molecule has 2 N–H and O–H groups in total. The van der Waals surface area contributed by atoms with Gasteiger partial charge in [-0.15, -0.1) is 0 Å². The zero-order chi connectivity index (χ0) is 25.0. The maximum atomic E-state index is 12.5. The molecule has 0 aliphatic rings. The Kier molecular flexibility index (Phi) is 6.99. The van der Waals surface area contributed by atoms with Gasteiger partial charge in [-0.25, -0.2) is 17.9 Å². The van der Waals surface area contributed by atoms with E-state index in [0.29, 0.717) is 17.1 Å². The van der Waals surface area contributed by atoms with E-state index < -0.39 is 22.2 Å². The predicted molar refractivity (Wildman–Crippen MR) is 133 cm³/mol. The SMILES string of the molecule is CNS(=O)(=O)c1ccc(-c2ccc(-c3onc(C)c3NC(=O)OC(C)c3ccccc3)cc2)cc1. The predicted octanol–water partition coefficient (Wildman–Crippen LogP) is 5.53. The summed E-state index contributed by atoms with van der Waals surface area (Å²) < 4.78 is 37.1. The third kappa shape index (κ3) is 5.42. The highest BCUT2D eigenvalue weighted by Crippen LogP contribution is 2.33. The van der Waals surface area contributed by atoms with Crippen molar-refractivity contribution in [2.24, 2.45) is 0 Å². The number of amides is 1. The lowest BCUT2D eigenvalue weighted by molar-refractivity contribution is 0.121. The Bertz CT molecular complexity index is 1410. The molecular weight excluding hydrogens is 466 g/mol. The Morgan fingerprint density at radius 3 is 2.09 bits per heavy atom. The van der Waals surface area contributed by atoms with E-state index in [1.807, 2.05) is 54.6 Å². The van der Waals surface area contributed by atoms with Crippen LogP contribution in [0.1, 0.15) is 24.3 Å². The van der Waals surface area contributed by atoms with Crippen LogP contribution in [0.15, 0.2) is 88.3 Å². The number of benzene rings is 3. The van der Waals surface area contributed by atoms with Gasteiger partial charge in [0, 0.05) is 5.56 Å². The summed E-state index contributed by atoms with van der Waals surface area (Å²) in [6, 6.07) is 23.5. The van der Waals surface area contributed by atoms with Crippen molar-refractivity contribution < 1.29 is 22.5 Å². The number of anilines is 1. The van der Waals surface area contributed by atoms with E-state index in [2.05, 4.69) is 15.2 Å². The van der Waals surface area contributed by atoms with Gasteiger partial charge in [0.15, 0.2) is 5.76 Å². The lowest BCUT2D eigenvalue weighted by atomic mass is 10.0. The summed E-state index contributed by atoms with van der Waals surface area (Å²) in [7, 11) is -2.12. The summed E-state index contributed by atoms with van der Waals surface area (Å²) >= 11 is 0. The summed E-state index contributed by atoms with van der Waals surface area (Å²) in [5.41, 5.74) is 4.31. The van der Waals surface area contributed by atoms with Crippen LogP contribution in [0.2, 0.25) is 0 Å². The summed E-state index contributed by atoms with van der Waals surface area (Å²) in [5.74, 6) is 0.411. The summed E-state index contributed by atoms with van der Waals surface area (Å²) in [4.78, 5) is 12.7. The average molecular weight is 492 g/mol. The van der Waals surface area contributed by atoms with E-state index in [-0.39, 0.29) is 4.90 Å². The standard InChI is InChI=1S/C26H25N3O5S/c1-17-24(28-26(30)33-18(2)19-7-5-4-6-8-19)25(34-29-17)22-11-9-20(10-12-22)21-13-15-23(16-14-21)35(31,32)27-3/h4-16,18,27H,1-3H3,(H,28,30). The molecule has 3 aromatic carbocycles. The molecule has 1 unspecified atom stereocenters. The first-order chi connectivity index (χ1) is 16.8. The van der Waals surface area contributed by atoms with E-state index in [9.17, 15) is 13.2 Å². The van der Waals surface area contributed by atoms with Crippen LogP contribution in [-0.4, -0.2) is 26.7 Å². The molecule has 8 nitrogen and oxygen atoms in total. The molecule has 0 saturated carbocycles. The molecule has 0 aliphatic heterocycles. The molecular formula is C26H25N3O5S. The van der Waals surface area contributed by atoms with Crippen LogP contribution < -0.4 is 10.0 Å². The number of hydrogen-bond donors (Lipinski definition) is 2. The van der Waals surface area contributed by atoms with Crippen LogP contribution in [0.3, 0.4) is 0 Å². The Morgan fingerprint density at radius 2 is 1.49 bits per heavy atom. The monoisotopic (exact) mass is 491 g/mol. The number of carbonyl (C=O) groups excluding carboxylic acids is 1. The van der Waals surface area contributed by atoms with Crippen LogP contribution in [0.4, 0.5) is 10.5 Å². The molecule has 4 aromatic rings. The molecule has 0 spiro atoms. The third-order valence-corrected chi connectivity index (χ3v) is 6.99. The Morgan fingerprint density at radius 1 is 0.914 bits per heavy atom. The molecule has 0 bridgehead atoms. The molecule has 4 rings (SSSR count). The van der Waals surface area contributed by atoms with Gasteiger partial charge in [0.05, 0.1) is 4.90 Å². The van der Waals surface area contributed by atoms with Gasteiger partial charge in [0.2, 0.25) is 10.0 Å². The first-order valence-corrected chi connectivity index (χ1v) is 12.4. The molecule has 0 radical (unpaired) electrons. The molecule has 1 aromatic heterocycles. The van der Waals surface area contributed by atoms with Crippen molar-refractivity contribution in [3.8, 4) is 22.5 Å². The molecule has 0 aliphatic carbocycles. The molecule has 180 valence electrons. The average Bonchev–Trinajstić information content (AvgIpc) is 3.24. The van der Waals surface area contributed by atoms with Crippen molar-refractivity contribution in [3.63, 3.8) is 0 Å². The maximum Gasteiger partial charge on any atom is 0.412 e. The molecule has 35 heavy (non-hydrogen) atoms. The number of sulfonamides is 1. The van der Waals surface area contributed by atoms with Gasteiger partial charge >= 0.3 is 6.09 Å². The largest absolute Gasteiger partial charge is 0.441 e. The number of aryl methyl sites for hydroxylation is 1. The first kappa shape index (κ1) is 24.2. The minimum atomic E-state index is -3.49. The summed E-state index contributed by atoms with van der Waals surface area (Å²) in [5, 5.41) is 6.75. The number of hydrogen-bond acceptors (Lipinski definition) is 6. The van der Waals surface area contributed by atoms with Crippen molar-refractivity contribution in [2.45, 2.75) is 24.8 Å². The van der Waals surface area contributed by atoms with E-state index in [1.54, 1.807) is 38.1 Å². The lowest BCUT2D eigenvalue weighted by Crippen LogP contribution is -2.18. The Labute approximate surface area is 204 Å². The number of nitrogens with one attached hydrogen (secondary N) is 2. The minimum Gasteiger partial charge on any atom is -0.441 e. The van der Waals surface area contributed by atoms with Crippen molar-refractivity contribution in [1.29, 1.82) is 0 Å².